The van der Waals surface area contributed by atoms with Gasteiger partial charge in [-0.15, -0.1) is 0 Å². The van der Waals surface area contributed by atoms with Gasteiger partial charge in [0, 0.05) is 0 Å². The van der Waals surface area contributed by atoms with Gasteiger partial charge in [-0.1, -0.05) is 12.1 Å². The number of nitrogens with one attached hydrogen (secondary N) is 1. The van der Waals surface area contributed by atoms with Gasteiger partial charge in [0.2, 0.25) is 0 Å². The molecule has 0 saturated heterocycles. The largest absolute Gasteiger partial charge is 0.497 e. The Balaban J connectivity index is 2.25. The summed E-state index contributed by atoms with van der Waals surface area (Å²) >= 11 is 0. The first kappa shape index (κ1) is 13.9. The highest BCUT2D eigenvalue weighted by Gasteiger charge is 2.37. The summed E-state index contributed by atoms with van der Waals surface area (Å²) in [6.45, 7) is 2.69. The van der Waals surface area contributed by atoms with Crippen LogP contribution in [-0.2, 0) is 15.1 Å². The third-order valence-corrected chi connectivity index (χ3v) is 3.68. The highest BCUT2D eigenvalue weighted by Crippen LogP contribution is 2.31. The molecule has 1 saturated carbocycles. The Morgan fingerprint density at radius 1 is 1.42 bits per heavy atom. The molecule has 1 fully saturated rings. The Labute approximate surface area is 114 Å². The number of ether oxygens (including phenoxy) is 2. The Bertz CT molecular complexity index is 456. The minimum atomic E-state index is -0.828. The Morgan fingerprint density at radius 3 is 2.74 bits per heavy atom. The van der Waals surface area contributed by atoms with Crippen LogP contribution in [0.3, 0.4) is 0 Å². The smallest absolute Gasteiger partial charge is 0.330 e. The lowest BCUT2D eigenvalue weighted by Crippen LogP contribution is -2.48. The second-order valence-electron chi connectivity index (χ2n) is 5.17. The molecule has 104 valence electrons. The maximum Gasteiger partial charge on any atom is 0.330 e. The molecule has 0 aliphatic heterocycles. The minimum absolute atomic E-state index is 0.276. The normalized spacial score (nSPS) is 17.6. The molecule has 1 aliphatic rings. The quantitative estimate of drug-likeness (QED) is 0.798. The summed E-state index contributed by atoms with van der Waals surface area (Å²) in [5, 5.41) is 3.35. The first-order chi connectivity index (χ1) is 9.10. The van der Waals surface area contributed by atoms with Crippen molar-refractivity contribution in [3.05, 3.63) is 29.8 Å². The average Bonchev–Trinajstić information content (AvgIpc) is 3.28. The number of hydrogen-bond acceptors (Lipinski definition) is 4. The summed E-state index contributed by atoms with van der Waals surface area (Å²) in [6.07, 6.45) is 2.48. The van der Waals surface area contributed by atoms with E-state index in [-0.39, 0.29) is 5.97 Å². The number of carbonyl (C=O) groups excluding carboxylic acids is 1. The van der Waals surface area contributed by atoms with Crippen LogP contribution >= 0.6 is 0 Å². The minimum Gasteiger partial charge on any atom is -0.497 e. The molecule has 0 spiro atoms. The first-order valence-electron chi connectivity index (χ1n) is 6.58. The van der Waals surface area contributed by atoms with E-state index < -0.39 is 5.54 Å². The lowest BCUT2D eigenvalue weighted by molar-refractivity contribution is -0.148. The van der Waals surface area contributed by atoms with Crippen molar-refractivity contribution < 1.29 is 14.3 Å². The van der Waals surface area contributed by atoms with E-state index in [1.165, 1.54) is 20.0 Å². The van der Waals surface area contributed by atoms with Crippen LogP contribution in [-0.4, -0.2) is 26.7 Å². The van der Waals surface area contributed by atoms with Gasteiger partial charge in [-0.25, -0.2) is 4.79 Å². The van der Waals surface area contributed by atoms with E-state index in [9.17, 15) is 4.79 Å². The number of benzene rings is 1. The average molecular weight is 263 g/mol. The fourth-order valence-electron chi connectivity index (χ4n) is 2.10. The number of esters is 1. The van der Waals surface area contributed by atoms with Crippen LogP contribution in [0.4, 0.5) is 0 Å². The third kappa shape index (κ3) is 3.07. The van der Waals surface area contributed by atoms with E-state index in [0.29, 0.717) is 5.92 Å². The molecule has 19 heavy (non-hydrogen) atoms. The van der Waals surface area contributed by atoms with Crippen molar-refractivity contribution in [1.82, 2.24) is 5.32 Å². The van der Waals surface area contributed by atoms with Crippen LogP contribution in [0.5, 0.6) is 5.75 Å². The third-order valence-electron chi connectivity index (χ3n) is 3.68. The lowest BCUT2D eigenvalue weighted by Gasteiger charge is -2.29. The van der Waals surface area contributed by atoms with Crippen molar-refractivity contribution in [2.45, 2.75) is 25.3 Å². The van der Waals surface area contributed by atoms with Crippen molar-refractivity contribution in [3.63, 3.8) is 0 Å². The monoisotopic (exact) mass is 263 g/mol. The molecule has 0 radical (unpaired) electrons. The second kappa shape index (κ2) is 5.61. The van der Waals surface area contributed by atoms with Crippen molar-refractivity contribution in [1.29, 1.82) is 0 Å². The molecular weight excluding hydrogens is 242 g/mol. The van der Waals surface area contributed by atoms with Gasteiger partial charge in [0.05, 0.1) is 14.2 Å². The zero-order valence-electron chi connectivity index (χ0n) is 11.7. The van der Waals surface area contributed by atoms with Gasteiger partial charge in [-0.3, -0.25) is 5.32 Å². The van der Waals surface area contributed by atoms with Crippen molar-refractivity contribution in [2.75, 3.05) is 20.8 Å². The van der Waals surface area contributed by atoms with Gasteiger partial charge in [-0.05, 0) is 49.9 Å². The molecule has 1 aliphatic carbocycles. The van der Waals surface area contributed by atoms with Crippen LogP contribution in [0.25, 0.3) is 0 Å². The van der Waals surface area contributed by atoms with Gasteiger partial charge in [0.1, 0.15) is 11.3 Å². The number of methoxy groups -OCH3 is 2. The van der Waals surface area contributed by atoms with E-state index in [1.54, 1.807) is 7.11 Å². The molecule has 0 bridgehead atoms. The highest BCUT2D eigenvalue weighted by molar-refractivity contribution is 5.82. The summed E-state index contributed by atoms with van der Waals surface area (Å²) in [4.78, 5) is 12.1. The molecule has 1 atom stereocenters. The van der Waals surface area contributed by atoms with Crippen LogP contribution in [0.1, 0.15) is 25.3 Å². The zero-order valence-corrected chi connectivity index (χ0v) is 11.7. The predicted molar refractivity (Wildman–Crippen MR) is 73.1 cm³/mol. The summed E-state index contributed by atoms with van der Waals surface area (Å²) < 4.78 is 10.2. The standard InChI is InChI=1S/C15H21NO3/c1-15(14(17)19-3,16-10-11-7-8-11)12-5-4-6-13(9-12)18-2/h4-6,9,11,16H,7-8,10H2,1-3H3. The summed E-state index contributed by atoms with van der Waals surface area (Å²) in [6, 6.07) is 7.53. The topological polar surface area (TPSA) is 47.6 Å². The number of rotatable bonds is 6. The molecule has 0 heterocycles. The van der Waals surface area contributed by atoms with Crippen LogP contribution < -0.4 is 10.1 Å². The van der Waals surface area contributed by atoms with Gasteiger partial charge in [0.15, 0.2) is 0 Å². The molecule has 1 N–H and O–H groups in total. The SMILES string of the molecule is COC(=O)C(C)(NCC1CC1)c1cccc(OC)c1. The van der Waals surface area contributed by atoms with Crippen molar-refractivity contribution in [3.8, 4) is 5.75 Å². The van der Waals surface area contributed by atoms with E-state index in [2.05, 4.69) is 5.32 Å². The maximum atomic E-state index is 12.1. The molecule has 0 amide bonds. The van der Waals surface area contributed by atoms with Crippen LogP contribution in [0.2, 0.25) is 0 Å². The van der Waals surface area contributed by atoms with E-state index in [1.807, 2.05) is 31.2 Å². The Morgan fingerprint density at radius 2 is 2.16 bits per heavy atom. The molecular formula is C15H21NO3. The molecule has 4 heteroatoms. The highest BCUT2D eigenvalue weighted by atomic mass is 16.5. The molecule has 0 aromatic heterocycles. The molecule has 4 nitrogen and oxygen atoms in total. The van der Waals surface area contributed by atoms with Gasteiger partial charge >= 0.3 is 5.97 Å². The zero-order chi connectivity index (χ0) is 13.9. The molecule has 2 rings (SSSR count). The lowest BCUT2D eigenvalue weighted by atomic mass is 9.91. The van der Waals surface area contributed by atoms with Gasteiger partial charge in [-0.2, -0.15) is 0 Å². The maximum absolute atomic E-state index is 12.1. The Hall–Kier alpha value is -1.55. The molecule has 1 aromatic rings. The fraction of sp³-hybridized carbons (Fsp3) is 0.533. The van der Waals surface area contributed by atoms with E-state index in [4.69, 9.17) is 9.47 Å². The Kier molecular flexibility index (Phi) is 4.10. The van der Waals surface area contributed by atoms with Crippen LogP contribution in [0.15, 0.2) is 24.3 Å². The number of carbonyl (C=O) groups is 1. The molecule has 1 aromatic carbocycles. The summed E-state index contributed by atoms with van der Waals surface area (Å²) in [5.41, 5.74) is 0.0330. The predicted octanol–water partition coefficient (Wildman–Crippen LogP) is 2.08. The molecule has 1 unspecified atom stereocenters. The van der Waals surface area contributed by atoms with Crippen LogP contribution in [0, 0.1) is 5.92 Å². The van der Waals surface area contributed by atoms with Crippen molar-refractivity contribution in [2.24, 2.45) is 5.92 Å². The summed E-state index contributed by atoms with van der Waals surface area (Å²) in [7, 11) is 3.03. The second-order valence-corrected chi connectivity index (χ2v) is 5.17. The van der Waals surface area contributed by atoms with E-state index >= 15 is 0 Å². The van der Waals surface area contributed by atoms with E-state index in [0.717, 1.165) is 17.9 Å². The van der Waals surface area contributed by atoms with Gasteiger partial charge < -0.3 is 9.47 Å². The van der Waals surface area contributed by atoms with Gasteiger partial charge in [0.25, 0.3) is 0 Å². The van der Waals surface area contributed by atoms with Crippen molar-refractivity contribution >= 4 is 5.97 Å². The summed E-state index contributed by atoms with van der Waals surface area (Å²) in [5.74, 6) is 1.15. The number of hydrogen-bond donors (Lipinski definition) is 1. The fourth-order valence-corrected chi connectivity index (χ4v) is 2.10. The first-order valence-corrected chi connectivity index (χ1v) is 6.58.